The maximum Gasteiger partial charge on any atom is 0.410 e. The topological polar surface area (TPSA) is 80.8 Å². The molecule has 1 aliphatic rings. The van der Waals surface area contributed by atoms with E-state index in [1.807, 2.05) is 19.9 Å². The largest absolute Gasteiger partial charge is 0.481 e. The Morgan fingerprint density at radius 1 is 1.16 bits per heavy atom. The summed E-state index contributed by atoms with van der Waals surface area (Å²) in [7, 11) is 1.57. The Morgan fingerprint density at radius 2 is 1.84 bits per heavy atom. The fourth-order valence-corrected chi connectivity index (χ4v) is 3.93. The minimum Gasteiger partial charge on any atom is -0.481 e. The summed E-state index contributed by atoms with van der Waals surface area (Å²) in [4.78, 5) is 31.1. The number of ether oxygens (including phenoxy) is 2. The minimum absolute atomic E-state index is 0.129. The Labute approximate surface area is 194 Å². The molecule has 1 saturated heterocycles. The normalized spacial score (nSPS) is 15.3. The Hall–Kier alpha value is -2.80. The molecule has 1 N–H and O–H groups in total. The molecule has 1 aromatic heterocycles. The van der Waals surface area contributed by atoms with E-state index >= 15 is 0 Å². The molecule has 172 valence electrons. The third-order valence-corrected chi connectivity index (χ3v) is 5.81. The summed E-state index contributed by atoms with van der Waals surface area (Å²) < 4.78 is 10.5. The zero-order chi connectivity index (χ0) is 23.1. The summed E-state index contributed by atoms with van der Waals surface area (Å²) in [5, 5.41) is 3.73. The van der Waals surface area contributed by atoms with Crippen molar-refractivity contribution in [2.24, 2.45) is 5.92 Å². The molecule has 0 unspecified atom stereocenters. The van der Waals surface area contributed by atoms with E-state index in [9.17, 15) is 9.59 Å². The Balaban J connectivity index is 1.68. The number of benzene rings is 1. The second kappa shape index (κ2) is 11.2. The van der Waals surface area contributed by atoms with Gasteiger partial charge in [0.25, 0.3) is 5.91 Å². The molecule has 3 rings (SSSR count). The van der Waals surface area contributed by atoms with Crippen molar-refractivity contribution in [1.82, 2.24) is 15.2 Å². The maximum absolute atomic E-state index is 12.9. The summed E-state index contributed by atoms with van der Waals surface area (Å²) in [5.41, 5.74) is 1.46. The van der Waals surface area contributed by atoms with Crippen LogP contribution >= 0.6 is 11.6 Å². The molecule has 1 atom stereocenters. The highest BCUT2D eigenvalue weighted by Crippen LogP contribution is 2.29. The average molecular weight is 460 g/mol. The lowest BCUT2D eigenvalue weighted by Gasteiger charge is -2.33. The molecule has 1 aromatic carbocycles. The summed E-state index contributed by atoms with van der Waals surface area (Å²) >= 11 is 5.95. The van der Waals surface area contributed by atoms with E-state index in [1.54, 1.807) is 48.5 Å². The average Bonchev–Trinajstić information content (AvgIpc) is 2.79. The molecular formula is C24H30ClN3O4. The van der Waals surface area contributed by atoms with Gasteiger partial charge in [0.2, 0.25) is 5.88 Å². The highest BCUT2D eigenvalue weighted by atomic mass is 35.5. The van der Waals surface area contributed by atoms with Crippen LogP contribution in [0.1, 0.15) is 55.1 Å². The van der Waals surface area contributed by atoms with Gasteiger partial charge in [0.05, 0.1) is 19.3 Å². The van der Waals surface area contributed by atoms with Crippen molar-refractivity contribution in [3.63, 3.8) is 0 Å². The second-order valence-corrected chi connectivity index (χ2v) is 8.70. The van der Waals surface area contributed by atoms with Crippen molar-refractivity contribution in [2.75, 3.05) is 20.2 Å². The summed E-state index contributed by atoms with van der Waals surface area (Å²) in [6.45, 7) is 4.99. The third kappa shape index (κ3) is 6.60. The van der Waals surface area contributed by atoms with Gasteiger partial charge in [0.1, 0.15) is 0 Å². The number of carbonyl (C=O) groups is 2. The highest BCUT2D eigenvalue weighted by molar-refractivity contribution is 6.30. The Morgan fingerprint density at radius 3 is 2.41 bits per heavy atom. The molecule has 32 heavy (non-hydrogen) atoms. The summed E-state index contributed by atoms with van der Waals surface area (Å²) in [5.74, 6) is 0.713. The molecule has 0 aliphatic carbocycles. The van der Waals surface area contributed by atoms with Crippen LogP contribution in [0.15, 0.2) is 42.6 Å². The molecule has 0 radical (unpaired) electrons. The molecule has 2 heterocycles. The van der Waals surface area contributed by atoms with Gasteiger partial charge in [-0.05, 0) is 68.9 Å². The van der Waals surface area contributed by atoms with Crippen LogP contribution in [0.5, 0.6) is 5.88 Å². The molecule has 7 nitrogen and oxygen atoms in total. The SMILES string of the molecule is COc1ccc([C@H](CC2CCN(C(=O)OC(C)C)CC2)NC(=O)c2ccc(Cl)cc2)cn1. The van der Waals surface area contributed by atoms with Crippen molar-refractivity contribution < 1.29 is 19.1 Å². The lowest BCUT2D eigenvalue weighted by atomic mass is 9.88. The van der Waals surface area contributed by atoms with E-state index in [0.717, 1.165) is 24.8 Å². The van der Waals surface area contributed by atoms with Crippen LogP contribution in [0.25, 0.3) is 0 Å². The number of aromatic nitrogens is 1. The third-order valence-electron chi connectivity index (χ3n) is 5.56. The van der Waals surface area contributed by atoms with Crippen molar-refractivity contribution in [3.8, 4) is 5.88 Å². The standard InChI is InChI=1S/C24H30ClN3O4/c1-16(2)32-24(30)28-12-10-17(11-13-28)14-21(19-6-9-22(31-3)26-15-19)27-23(29)18-4-7-20(25)8-5-18/h4-9,15-17,21H,10-14H2,1-3H3,(H,27,29)/t21-/m0/s1. The zero-order valence-electron chi connectivity index (χ0n) is 18.7. The molecular weight excluding hydrogens is 430 g/mol. The smallest absolute Gasteiger partial charge is 0.410 e. The van der Waals surface area contributed by atoms with Crippen LogP contribution < -0.4 is 10.1 Å². The van der Waals surface area contributed by atoms with Crippen LogP contribution in [0.4, 0.5) is 4.79 Å². The fourth-order valence-electron chi connectivity index (χ4n) is 3.80. The van der Waals surface area contributed by atoms with Crippen molar-refractivity contribution in [1.29, 1.82) is 0 Å². The number of methoxy groups -OCH3 is 1. The number of rotatable bonds is 7. The van der Waals surface area contributed by atoms with Gasteiger partial charge in [-0.3, -0.25) is 4.79 Å². The van der Waals surface area contributed by atoms with Crippen LogP contribution in [0.2, 0.25) is 5.02 Å². The number of hydrogen-bond donors (Lipinski definition) is 1. The molecule has 2 amide bonds. The van der Waals surface area contributed by atoms with E-state index in [0.29, 0.717) is 35.5 Å². The number of pyridine rings is 1. The van der Waals surface area contributed by atoms with E-state index in [1.165, 1.54) is 0 Å². The second-order valence-electron chi connectivity index (χ2n) is 8.27. The number of hydrogen-bond acceptors (Lipinski definition) is 5. The summed E-state index contributed by atoms with van der Waals surface area (Å²) in [6, 6.07) is 10.3. The number of piperidine rings is 1. The van der Waals surface area contributed by atoms with Crippen LogP contribution in [-0.2, 0) is 4.74 Å². The molecule has 8 heteroatoms. The van der Waals surface area contributed by atoms with Gasteiger partial charge < -0.3 is 19.7 Å². The monoisotopic (exact) mass is 459 g/mol. The van der Waals surface area contributed by atoms with E-state index in [-0.39, 0.29) is 24.1 Å². The predicted molar refractivity (Wildman–Crippen MR) is 123 cm³/mol. The lowest BCUT2D eigenvalue weighted by molar-refractivity contribution is 0.0639. The molecule has 0 bridgehead atoms. The fraction of sp³-hybridized carbons (Fsp3) is 0.458. The molecule has 1 aliphatic heterocycles. The molecule has 1 fully saturated rings. The first-order valence-corrected chi connectivity index (χ1v) is 11.3. The van der Waals surface area contributed by atoms with Gasteiger partial charge in [-0.2, -0.15) is 0 Å². The van der Waals surface area contributed by atoms with Gasteiger partial charge in [-0.1, -0.05) is 17.7 Å². The van der Waals surface area contributed by atoms with E-state index < -0.39 is 0 Å². The van der Waals surface area contributed by atoms with Crippen molar-refractivity contribution in [2.45, 2.75) is 45.3 Å². The molecule has 0 saturated carbocycles. The first kappa shape index (κ1) is 23.9. The predicted octanol–water partition coefficient (Wildman–Crippen LogP) is 4.86. The number of amides is 2. The van der Waals surface area contributed by atoms with Crippen molar-refractivity contribution in [3.05, 3.63) is 58.7 Å². The van der Waals surface area contributed by atoms with Crippen LogP contribution in [-0.4, -0.2) is 48.2 Å². The Kier molecular flexibility index (Phi) is 8.33. The molecule has 2 aromatic rings. The summed E-state index contributed by atoms with van der Waals surface area (Å²) in [6.07, 6.45) is 3.80. The number of nitrogens with one attached hydrogen (secondary N) is 1. The first-order valence-electron chi connectivity index (χ1n) is 10.9. The maximum atomic E-state index is 12.9. The van der Waals surface area contributed by atoms with Gasteiger partial charge in [-0.25, -0.2) is 9.78 Å². The first-order chi connectivity index (χ1) is 15.4. The number of carbonyl (C=O) groups excluding carboxylic acids is 2. The van der Waals surface area contributed by atoms with E-state index in [2.05, 4.69) is 10.3 Å². The number of halogens is 1. The Bertz CT molecular complexity index is 894. The van der Waals surface area contributed by atoms with Gasteiger partial charge >= 0.3 is 6.09 Å². The zero-order valence-corrected chi connectivity index (χ0v) is 19.5. The van der Waals surface area contributed by atoms with E-state index in [4.69, 9.17) is 21.1 Å². The number of likely N-dealkylation sites (tertiary alicyclic amines) is 1. The molecule has 0 spiro atoms. The van der Waals surface area contributed by atoms with Crippen LogP contribution in [0, 0.1) is 5.92 Å². The lowest BCUT2D eigenvalue weighted by Crippen LogP contribution is -2.40. The van der Waals surface area contributed by atoms with Gasteiger partial charge in [0.15, 0.2) is 0 Å². The minimum atomic E-state index is -0.259. The van der Waals surface area contributed by atoms with Crippen molar-refractivity contribution >= 4 is 23.6 Å². The van der Waals surface area contributed by atoms with Gasteiger partial charge in [0, 0.05) is 35.9 Å². The van der Waals surface area contributed by atoms with Crippen LogP contribution in [0.3, 0.4) is 0 Å². The number of nitrogens with zero attached hydrogens (tertiary/aromatic N) is 2. The quantitative estimate of drug-likeness (QED) is 0.639. The van der Waals surface area contributed by atoms with Gasteiger partial charge in [-0.15, -0.1) is 0 Å². The highest BCUT2D eigenvalue weighted by Gasteiger charge is 2.27.